The van der Waals surface area contributed by atoms with Crippen molar-refractivity contribution in [2.75, 3.05) is 43.6 Å². The summed E-state index contributed by atoms with van der Waals surface area (Å²) in [5, 5.41) is 3.94. The summed E-state index contributed by atoms with van der Waals surface area (Å²) < 4.78 is 10.7. The molecule has 1 saturated heterocycles. The van der Waals surface area contributed by atoms with Crippen LogP contribution in [0.4, 0.5) is 11.6 Å². The predicted octanol–water partition coefficient (Wildman–Crippen LogP) is 3.29. The number of hydrogen-bond donors (Lipinski definition) is 2. The zero-order chi connectivity index (χ0) is 23.9. The number of hydrogen-bond acceptors (Lipinski definition) is 9. The third-order valence-electron chi connectivity index (χ3n) is 7.65. The van der Waals surface area contributed by atoms with Gasteiger partial charge in [0.25, 0.3) is 0 Å². The molecule has 1 aliphatic heterocycles. The third-order valence-corrected chi connectivity index (χ3v) is 7.83. The second kappa shape index (κ2) is 9.23. The fourth-order valence-corrected chi connectivity index (χ4v) is 6.06. The van der Waals surface area contributed by atoms with E-state index in [0.29, 0.717) is 53.0 Å². The van der Waals surface area contributed by atoms with E-state index in [1.54, 1.807) is 0 Å². The van der Waals surface area contributed by atoms with Gasteiger partial charge in [0, 0.05) is 31.4 Å². The zero-order valence-electron chi connectivity index (χ0n) is 19.5. The van der Waals surface area contributed by atoms with Gasteiger partial charge in [-0.3, -0.25) is 4.79 Å². The van der Waals surface area contributed by atoms with Crippen molar-refractivity contribution in [1.82, 2.24) is 24.9 Å². The summed E-state index contributed by atoms with van der Waals surface area (Å²) >= 11 is 6.14. The molecule has 3 aromatic heterocycles. The molecule has 0 amide bonds. The maximum Gasteiger partial charge on any atom is 0.311 e. The molecule has 184 valence electrons. The minimum atomic E-state index is -0.171. The number of carbonyl (C=O) groups is 1. The Labute approximate surface area is 207 Å². The maximum atomic E-state index is 12.8. The number of rotatable bonds is 5. The highest BCUT2D eigenvalue weighted by molar-refractivity contribution is 6.29. The molecule has 4 fully saturated rings. The van der Waals surface area contributed by atoms with Gasteiger partial charge in [-0.2, -0.15) is 0 Å². The fourth-order valence-electron chi connectivity index (χ4n) is 5.93. The van der Waals surface area contributed by atoms with Gasteiger partial charge in [-0.15, -0.1) is 0 Å². The topological polar surface area (TPSA) is 118 Å². The molecular formula is C24H28ClN7O3. The van der Waals surface area contributed by atoms with E-state index in [9.17, 15) is 4.79 Å². The largest absolute Gasteiger partial charge is 0.469 e. The molecule has 4 aliphatic rings. The standard InChI is InChI=1S/C24H28ClN7O3/c1-34-24(33)19-13-2-4-14(5-3-13)20(19)29-17-10-18(32-6-8-35-9-7-32)31-22(30-17)15-11-26-23-21(15)28-16(25)12-27-23/h10-14,19-20H,2-9H2,1H3,(H,26,27)(H,29,30,31). The molecule has 7 rings (SSSR count). The maximum absolute atomic E-state index is 12.8. The minimum Gasteiger partial charge on any atom is -0.469 e. The number of H-pyrrole nitrogens is 1. The van der Waals surface area contributed by atoms with Crippen molar-refractivity contribution in [3.63, 3.8) is 0 Å². The van der Waals surface area contributed by atoms with Crippen molar-refractivity contribution < 1.29 is 14.3 Å². The molecule has 3 aliphatic carbocycles. The van der Waals surface area contributed by atoms with E-state index < -0.39 is 0 Å². The Morgan fingerprint density at radius 2 is 1.94 bits per heavy atom. The molecule has 11 heteroatoms. The average molecular weight is 498 g/mol. The monoisotopic (exact) mass is 497 g/mol. The summed E-state index contributed by atoms with van der Waals surface area (Å²) in [6, 6.07) is 1.95. The van der Waals surface area contributed by atoms with E-state index >= 15 is 0 Å². The molecule has 35 heavy (non-hydrogen) atoms. The van der Waals surface area contributed by atoms with Crippen LogP contribution in [0.15, 0.2) is 18.5 Å². The molecule has 0 aromatic carbocycles. The SMILES string of the molecule is COC(=O)C1C2CCC(CC2)C1Nc1cc(N2CCOCC2)nc(-c2c[nH]c3ncc(Cl)nc23)n1. The molecule has 2 bridgehead atoms. The highest BCUT2D eigenvalue weighted by atomic mass is 35.5. The van der Waals surface area contributed by atoms with Crippen LogP contribution in [0.1, 0.15) is 25.7 Å². The lowest BCUT2D eigenvalue weighted by Crippen LogP contribution is -2.51. The van der Waals surface area contributed by atoms with E-state index in [1.165, 1.54) is 13.3 Å². The van der Waals surface area contributed by atoms with Gasteiger partial charge < -0.3 is 24.7 Å². The smallest absolute Gasteiger partial charge is 0.311 e. The van der Waals surface area contributed by atoms with E-state index in [2.05, 4.69) is 25.2 Å². The van der Waals surface area contributed by atoms with Crippen LogP contribution in [0.5, 0.6) is 0 Å². The van der Waals surface area contributed by atoms with E-state index in [-0.39, 0.29) is 17.9 Å². The number of anilines is 2. The van der Waals surface area contributed by atoms with Crippen LogP contribution in [0, 0.1) is 17.8 Å². The number of esters is 1. The second-order valence-corrected chi connectivity index (χ2v) is 9.91. The van der Waals surface area contributed by atoms with Gasteiger partial charge in [0.1, 0.15) is 22.3 Å². The Kier molecular flexibility index (Phi) is 5.93. The van der Waals surface area contributed by atoms with Crippen LogP contribution < -0.4 is 10.2 Å². The number of aromatic nitrogens is 5. The summed E-state index contributed by atoms with van der Waals surface area (Å²) in [7, 11) is 1.48. The molecule has 2 atom stereocenters. The predicted molar refractivity (Wildman–Crippen MR) is 131 cm³/mol. The summed E-state index contributed by atoms with van der Waals surface area (Å²) in [5.41, 5.74) is 1.96. The lowest BCUT2D eigenvalue weighted by Gasteiger charge is -2.47. The Morgan fingerprint density at radius 1 is 1.17 bits per heavy atom. The lowest BCUT2D eigenvalue weighted by molar-refractivity contribution is -0.152. The first-order valence-corrected chi connectivity index (χ1v) is 12.5. The van der Waals surface area contributed by atoms with Crippen LogP contribution in [0.25, 0.3) is 22.6 Å². The highest BCUT2D eigenvalue weighted by Gasteiger charge is 2.48. The van der Waals surface area contributed by atoms with Crippen molar-refractivity contribution in [1.29, 1.82) is 0 Å². The van der Waals surface area contributed by atoms with Gasteiger partial charge in [-0.1, -0.05) is 11.6 Å². The molecule has 3 saturated carbocycles. The Hall–Kier alpha value is -2.98. The second-order valence-electron chi connectivity index (χ2n) is 9.52. The molecule has 3 aromatic rings. The number of morpholine rings is 1. The summed E-state index contributed by atoms with van der Waals surface area (Å²) in [4.78, 5) is 36.6. The van der Waals surface area contributed by atoms with Gasteiger partial charge in [0.05, 0.1) is 38.0 Å². The van der Waals surface area contributed by atoms with Gasteiger partial charge in [-0.25, -0.2) is 19.9 Å². The van der Waals surface area contributed by atoms with Crippen molar-refractivity contribution >= 4 is 40.4 Å². The fraction of sp³-hybridized carbons (Fsp3) is 0.542. The zero-order valence-corrected chi connectivity index (χ0v) is 20.3. The average Bonchev–Trinajstić information content (AvgIpc) is 3.32. The quantitative estimate of drug-likeness (QED) is 0.512. The first-order chi connectivity index (χ1) is 17.1. The van der Waals surface area contributed by atoms with Crippen molar-refractivity contribution in [3.8, 4) is 11.4 Å². The van der Waals surface area contributed by atoms with Gasteiger partial charge in [0.15, 0.2) is 11.5 Å². The first-order valence-electron chi connectivity index (χ1n) is 12.2. The van der Waals surface area contributed by atoms with Gasteiger partial charge >= 0.3 is 5.97 Å². The van der Waals surface area contributed by atoms with Gasteiger partial charge in [0.2, 0.25) is 0 Å². The Bertz CT molecular complexity index is 1240. The Morgan fingerprint density at radius 3 is 2.71 bits per heavy atom. The molecule has 0 spiro atoms. The number of ether oxygens (including phenoxy) is 2. The number of nitrogens with zero attached hydrogens (tertiary/aromatic N) is 5. The van der Waals surface area contributed by atoms with Crippen LogP contribution in [-0.4, -0.2) is 70.3 Å². The van der Waals surface area contributed by atoms with E-state index in [1.807, 2.05) is 12.3 Å². The normalized spacial score (nSPS) is 26.2. The van der Waals surface area contributed by atoms with E-state index in [0.717, 1.165) is 50.2 Å². The van der Waals surface area contributed by atoms with Crippen LogP contribution >= 0.6 is 11.6 Å². The molecule has 4 heterocycles. The van der Waals surface area contributed by atoms with Crippen molar-refractivity contribution in [3.05, 3.63) is 23.6 Å². The number of fused-ring (bicyclic) bond motifs is 4. The first kappa shape index (κ1) is 22.5. The van der Waals surface area contributed by atoms with Crippen molar-refractivity contribution in [2.24, 2.45) is 17.8 Å². The van der Waals surface area contributed by atoms with Crippen LogP contribution in [0.2, 0.25) is 5.15 Å². The number of nitrogens with one attached hydrogen (secondary N) is 2. The van der Waals surface area contributed by atoms with E-state index in [4.69, 9.17) is 31.0 Å². The summed E-state index contributed by atoms with van der Waals surface area (Å²) in [6.45, 7) is 2.78. The van der Waals surface area contributed by atoms with Crippen molar-refractivity contribution in [2.45, 2.75) is 31.7 Å². The van der Waals surface area contributed by atoms with Gasteiger partial charge in [-0.05, 0) is 37.5 Å². The number of carbonyl (C=O) groups excluding carboxylic acids is 1. The summed E-state index contributed by atoms with van der Waals surface area (Å²) in [5.74, 6) is 2.46. The molecule has 0 radical (unpaired) electrons. The molecule has 2 N–H and O–H groups in total. The number of methoxy groups -OCH3 is 1. The summed E-state index contributed by atoms with van der Waals surface area (Å²) in [6.07, 6.45) is 7.69. The minimum absolute atomic E-state index is 0.0209. The van der Waals surface area contributed by atoms with Crippen LogP contribution in [-0.2, 0) is 14.3 Å². The number of halogens is 1. The van der Waals surface area contributed by atoms with Crippen LogP contribution in [0.3, 0.4) is 0 Å². The highest BCUT2D eigenvalue weighted by Crippen LogP contribution is 2.46. The lowest BCUT2D eigenvalue weighted by atomic mass is 9.61. The third kappa shape index (κ3) is 4.18. The Balaban J connectivity index is 1.41. The molecule has 10 nitrogen and oxygen atoms in total. The molecular weight excluding hydrogens is 470 g/mol. The molecule has 2 unspecified atom stereocenters. The number of aromatic amines is 1.